The van der Waals surface area contributed by atoms with Gasteiger partial charge in [-0.25, -0.2) is 9.37 Å². The van der Waals surface area contributed by atoms with Crippen molar-refractivity contribution in [2.45, 2.75) is 6.92 Å². The van der Waals surface area contributed by atoms with Crippen LogP contribution in [0.3, 0.4) is 0 Å². The van der Waals surface area contributed by atoms with E-state index < -0.39 is 0 Å². The van der Waals surface area contributed by atoms with Gasteiger partial charge in [0, 0.05) is 11.1 Å². The molecule has 1 N–H and O–H groups in total. The molecule has 1 heterocycles. The largest absolute Gasteiger partial charge is 0.339 e. The molecule has 0 amide bonds. The fraction of sp³-hybridized carbons (Fsp3) is 0.0667. The molecule has 3 aromatic rings. The number of para-hydroxylation sites is 1. The van der Waals surface area contributed by atoms with E-state index in [4.69, 9.17) is 11.6 Å². The third kappa shape index (κ3) is 2.42. The van der Waals surface area contributed by atoms with Crippen LogP contribution in [0.25, 0.3) is 10.9 Å². The summed E-state index contributed by atoms with van der Waals surface area (Å²) in [4.78, 5) is 8.32. The van der Waals surface area contributed by atoms with E-state index >= 15 is 0 Å². The van der Waals surface area contributed by atoms with Crippen molar-refractivity contribution in [1.82, 2.24) is 9.97 Å². The van der Waals surface area contributed by atoms with E-state index in [0.717, 1.165) is 10.9 Å². The van der Waals surface area contributed by atoms with Crippen LogP contribution in [-0.2, 0) is 0 Å². The summed E-state index contributed by atoms with van der Waals surface area (Å²) >= 11 is 5.91. The van der Waals surface area contributed by atoms with Crippen LogP contribution in [0.15, 0.2) is 42.5 Å². The van der Waals surface area contributed by atoms with Gasteiger partial charge < -0.3 is 5.32 Å². The average Bonchev–Trinajstić information content (AvgIpc) is 2.43. The molecule has 0 aliphatic rings. The van der Waals surface area contributed by atoms with Crippen molar-refractivity contribution in [3.8, 4) is 0 Å². The summed E-state index contributed by atoms with van der Waals surface area (Å²) in [5.74, 6) is 0.295. The van der Waals surface area contributed by atoms with Crippen LogP contribution in [0.5, 0.6) is 0 Å². The second kappa shape index (κ2) is 5.06. The van der Waals surface area contributed by atoms with Crippen LogP contribution in [0, 0.1) is 12.7 Å². The Labute approximate surface area is 120 Å². The normalized spacial score (nSPS) is 10.8. The minimum Gasteiger partial charge on any atom is -0.339 e. The van der Waals surface area contributed by atoms with Gasteiger partial charge in [-0.05, 0) is 48.4 Å². The van der Waals surface area contributed by atoms with Gasteiger partial charge >= 0.3 is 0 Å². The molecular weight excluding hydrogens is 277 g/mol. The highest BCUT2D eigenvalue weighted by atomic mass is 35.5. The van der Waals surface area contributed by atoms with E-state index in [1.807, 2.05) is 24.3 Å². The molecule has 0 radical (unpaired) electrons. The molecule has 0 bridgehead atoms. The van der Waals surface area contributed by atoms with Crippen LogP contribution < -0.4 is 5.32 Å². The fourth-order valence-electron chi connectivity index (χ4n) is 1.95. The van der Waals surface area contributed by atoms with Gasteiger partial charge in [-0.15, -0.1) is 0 Å². The van der Waals surface area contributed by atoms with Gasteiger partial charge in [0.05, 0.1) is 5.52 Å². The summed E-state index contributed by atoms with van der Waals surface area (Å²) in [6.45, 7) is 1.72. The van der Waals surface area contributed by atoms with Gasteiger partial charge in [-0.2, -0.15) is 4.98 Å². The van der Waals surface area contributed by atoms with Gasteiger partial charge in [0.2, 0.25) is 5.28 Å². The van der Waals surface area contributed by atoms with Gasteiger partial charge in [0.1, 0.15) is 11.6 Å². The lowest BCUT2D eigenvalue weighted by atomic mass is 10.2. The third-order valence-corrected chi connectivity index (χ3v) is 3.18. The Morgan fingerprint density at radius 2 is 1.90 bits per heavy atom. The highest BCUT2D eigenvalue weighted by molar-refractivity contribution is 6.28. The maximum absolute atomic E-state index is 13.6. The first kappa shape index (κ1) is 12.8. The topological polar surface area (TPSA) is 37.8 Å². The Bertz CT molecular complexity index is 789. The van der Waals surface area contributed by atoms with Crippen LogP contribution in [0.4, 0.5) is 15.9 Å². The highest BCUT2D eigenvalue weighted by Gasteiger charge is 2.07. The zero-order chi connectivity index (χ0) is 14.1. The van der Waals surface area contributed by atoms with Crippen LogP contribution >= 0.6 is 11.6 Å². The monoisotopic (exact) mass is 287 g/mol. The quantitative estimate of drug-likeness (QED) is 0.707. The Kier molecular flexibility index (Phi) is 3.24. The van der Waals surface area contributed by atoms with Crippen molar-refractivity contribution in [2.24, 2.45) is 0 Å². The minimum atomic E-state index is -0.264. The summed E-state index contributed by atoms with van der Waals surface area (Å²) in [5.41, 5.74) is 1.96. The first-order chi connectivity index (χ1) is 9.63. The molecule has 2 aromatic carbocycles. The van der Waals surface area contributed by atoms with Crippen molar-refractivity contribution in [3.05, 3.63) is 59.1 Å². The number of nitrogens with one attached hydrogen (secondary N) is 1. The van der Waals surface area contributed by atoms with E-state index in [9.17, 15) is 4.39 Å². The van der Waals surface area contributed by atoms with Crippen molar-refractivity contribution in [3.63, 3.8) is 0 Å². The zero-order valence-corrected chi connectivity index (χ0v) is 11.4. The number of nitrogens with zero attached hydrogens (tertiary/aromatic N) is 2. The summed E-state index contributed by atoms with van der Waals surface area (Å²) in [7, 11) is 0. The second-order valence-corrected chi connectivity index (χ2v) is 4.79. The summed E-state index contributed by atoms with van der Waals surface area (Å²) < 4.78 is 13.6. The number of fused-ring (bicyclic) bond motifs is 1. The summed E-state index contributed by atoms with van der Waals surface area (Å²) in [6, 6.07) is 12.4. The number of rotatable bonds is 2. The Morgan fingerprint density at radius 1 is 1.10 bits per heavy atom. The molecule has 0 unspecified atom stereocenters. The SMILES string of the molecule is Cc1ccc(Nc2nc(Cl)nc3ccccc23)cc1F. The molecule has 5 heteroatoms. The predicted octanol–water partition coefficient (Wildman–Crippen LogP) is 4.47. The maximum Gasteiger partial charge on any atom is 0.224 e. The van der Waals surface area contributed by atoms with Crippen LogP contribution in [-0.4, -0.2) is 9.97 Å². The molecule has 0 saturated carbocycles. The molecule has 0 aliphatic carbocycles. The van der Waals surface area contributed by atoms with Gasteiger partial charge in [0.25, 0.3) is 0 Å². The van der Waals surface area contributed by atoms with Crippen molar-refractivity contribution < 1.29 is 4.39 Å². The molecule has 20 heavy (non-hydrogen) atoms. The van der Waals surface area contributed by atoms with Gasteiger partial charge in [-0.1, -0.05) is 18.2 Å². The molecule has 0 spiro atoms. The van der Waals surface area contributed by atoms with Gasteiger partial charge in [0.15, 0.2) is 0 Å². The average molecular weight is 288 g/mol. The lowest BCUT2D eigenvalue weighted by molar-refractivity contribution is 0.619. The molecular formula is C15H11ClFN3. The smallest absolute Gasteiger partial charge is 0.224 e. The molecule has 1 aromatic heterocycles. The third-order valence-electron chi connectivity index (χ3n) is 3.01. The first-order valence-corrected chi connectivity index (χ1v) is 6.47. The molecule has 3 rings (SSSR count). The van der Waals surface area contributed by atoms with E-state index in [0.29, 0.717) is 17.1 Å². The number of aromatic nitrogens is 2. The van der Waals surface area contributed by atoms with Crippen molar-refractivity contribution in [1.29, 1.82) is 0 Å². The highest BCUT2D eigenvalue weighted by Crippen LogP contribution is 2.25. The Morgan fingerprint density at radius 3 is 2.70 bits per heavy atom. The lowest BCUT2D eigenvalue weighted by Crippen LogP contribution is -1.98. The molecule has 100 valence electrons. The Balaban J connectivity index is 2.07. The van der Waals surface area contributed by atoms with Crippen LogP contribution in [0.1, 0.15) is 5.56 Å². The lowest BCUT2D eigenvalue weighted by Gasteiger charge is -2.09. The standard InChI is InChI=1S/C15H11ClFN3/c1-9-6-7-10(8-12(9)17)18-14-11-4-2-3-5-13(11)19-15(16)20-14/h2-8H,1H3,(H,18,19,20). The van der Waals surface area contributed by atoms with Crippen molar-refractivity contribution in [2.75, 3.05) is 5.32 Å². The molecule has 3 nitrogen and oxygen atoms in total. The van der Waals surface area contributed by atoms with E-state index in [1.165, 1.54) is 6.07 Å². The number of aryl methyl sites for hydroxylation is 1. The molecule has 0 aliphatic heterocycles. The van der Waals surface area contributed by atoms with Crippen LogP contribution in [0.2, 0.25) is 5.28 Å². The Hall–Kier alpha value is -2.20. The predicted molar refractivity (Wildman–Crippen MR) is 79.0 cm³/mol. The number of hydrogen-bond donors (Lipinski definition) is 1. The maximum atomic E-state index is 13.6. The number of anilines is 2. The van der Waals surface area contributed by atoms with E-state index in [1.54, 1.807) is 19.1 Å². The summed E-state index contributed by atoms with van der Waals surface area (Å²) in [6.07, 6.45) is 0. The second-order valence-electron chi connectivity index (χ2n) is 4.45. The molecule has 0 atom stereocenters. The first-order valence-electron chi connectivity index (χ1n) is 6.09. The van der Waals surface area contributed by atoms with Gasteiger partial charge in [-0.3, -0.25) is 0 Å². The number of halogens is 2. The fourth-order valence-corrected chi connectivity index (χ4v) is 2.13. The number of benzene rings is 2. The zero-order valence-electron chi connectivity index (χ0n) is 10.7. The van der Waals surface area contributed by atoms with Crippen molar-refractivity contribution >= 4 is 34.0 Å². The van der Waals surface area contributed by atoms with E-state index in [-0.39, 0.29) is 11.1 Å². The molecule has 0 fully saturated rings. The minimum absolute atomic E-state index is 0.152. The van der Waals surface area contributed by atoms with E-state index in [2.05, 4.69) is 15.3 Å². The molecule has 0 saturated heterocycles. The number of hydrogen-bond acceptors (Lipinski definition) is 3. The summed E-state index contributed by atoms with van der Waals surface area (Å²) in [5, 5.41) is 4.06.